The van der Waals surface area contributed by atoms with E-state index in [4.69, 9.17) is 23.2 Å². The lowest BCUT2D eigenvalue weighted by Crippen LogP contribution is -2.55. The number of carbonyl (C=O) groups excluding carboxylic acids is 3. The molecule has 4 amide bonds. The zero-order valence-corrected chi connectivity index (χ0v) is 15.1. The normalized spacial score (nSPS) is 19.8. The number of amides is 4. The number of likely N-dealkylation sites (tertiary alicyclic amines) is 1. The van der Waals surface area contributed by atoms with Gasteiger partial charge >= 0.3 is 6.03 Å². The van der Waals surface area contributed by atoms with E-state index in [0.29, 0.717) is 47.1 Å². The number of piperidine rings is 1. The average molecular weight is 382 g/mol. The lowest BCUT2D eigenvalue weighted by molar-refractivity contribution is -0.132. The number of hydrogen-bond donors (Lipinski definition) is 2. The van der Waals surface area contributed by atoms with Gasteiger partial charge in [-0.1, -0.05) is 29.3 Å². The van der Waals surface area contributed by atoms with Crippen molar-refractivity contribution >= 4 is 47.1 Å². The van der Waals surface area contributed by atoms with Crippen molar-refractivity contribution in [3.63, 3.8) is 0 Å². The first-order valence-corrected chi connectivity index (χ1v) is 8.63. The standard InChI is InChI=1S/C17H17Cl2N3O3/c1-10(9-11-12(18)3-2-4-13(11)19)14(23)22-7-5-17(6-8-22)15(24)20-16(25)21-17/h2-4,9H,5-8H2,1H3,(H2,20,21,24,25). The first-order valence-electron chi connectivity index (χ1n) is 7.87. The third kappa shape index (κ3) is 3.37. The van der Waals surface area contributed by atoms with Crippen LogP contribution in [-0.2, 0) is 9.59 Å². The van der Waals surface area contributed by atoms with E-state index in [1.807, 2.05) is 0 Å². The summed E-state index contributed by atoms with van der Waals surface area (Å²) in [5, 5.41) is 5.88. The van der Waals surface area contributed by atoms with Crippen LogP contribution < -0.4 is 10.6 Å². The minimum Gasteiger partial charge on any atom is -0.339 e. The Morgan fingerprint density at radius 1 is 1.20 bits per heavy atom. The fourth-order valence-corrected chi connectivity index (χ4v) is 3.65. The van der Waals surface area contributed by atoms with Gasteiger partial charge in [0.25, 0.3) is 5.91 Å². The van der Waals surface area contributed by atoms with E-state index in [1.54, 1.807) is 36.1 Å². The smallest absolute Gasteiger partial charge is 0.322 e. The zero-order valence-electron chi connectivity index (χ0n) is 13.6. The van der Waals surface area contributed by atoms with E-state index >= 15 is 0 Å². The van der Waals surface area contributed by atoms with Gasteiger partial charge in [-0.15, -0.1) is 0 Å². The summed E-state index contributed by atoms with van der Waals surface area (Å²) in [5.74, 6) is -0.463. The van der Waals surface area contributed by atoms with Crippen LogP contribution in [0.2, 0.25) is 10.0 Å². The number of benzene rings is 1. The molecule has 3 rings (SSSR count). The van der Waals surface area contributed by atoms with Gasteiger partial charge in [-0.2, -0.15) is 0 Å². The van der Waals surface area contributed by atoms with E-state index in [9.17, 15) is 14.4 Å². The van der Waals surface area contributed by atoms with Crippen LogP contribution in [0, 0.1) is 0 Å². The highest BCUT2D eigenvalue weighted by molar-refractivity contribution is 6.37. The maximum Gasteiger partial charge on any atom is 0.322 e. The summed E-state index contributed by atoms with van der Waals surface area (Å²) in [5.41, 5.74) is 0.218. The molecule has 0 aromatic heterocycles. The molecule has 1 spiro atoms. The molecule has 0 radical (unpaired) electrons. The average Bonchev–Trinajstić information content (AvgIpc) is 2.84. The van der Waals surface area contributed by atoms with Crippen LogP contribution in [0.4, 0.5) is 4.79 Å². The Balaban J connectivity index is 1.71. The summed E-state index contributed by atoms with van der Waals surface area (Å²) < 4.78 is 0. The minimum absolute atomic E-state index is 0.143. The van der Waals surface area contributed by atoms with Crippen LogP contribution in [-0.4, -0.2) is 41.4 Å². The van der Waals surface area contributed by atoms with Crippen molar-refractivity contribution in [2.45, 2.75) is 25.3 Å². The van der Waals surface area contributed by atoms with E-state index in [2.05, 4.69) is 10.6 Å². The Labute approximate surface area is 155 Å². The molecule has 25 heavy (non-hydrogen) atoms. The van der Waals surface area contributed by atoms with Gasteiger partial charge in [-0.3, -0.25) is 14.9 Å². The molecule has 1 aromatic carbocycles. The summed E-state index contributed by atoms with van der Waals surface area (Å²) in [4.78, 5) is 37.6. The van der Waals surface area contributed by atoms with E-state index in [1.165, 1.54) is 0 Å². The van der Waals surface area contributed by atoms with Crippen LogP contribution in [0.1, 0.15) is 25.3 Å². The van der Waals surface area contributed by atoms with Crippen LogP contribution in [0.3, 0.4) is 0 Å². The largest absolute Gasteiger partial charge is 0.339 e. The monoisotopic (exact) mass is 381 g/mol. The highest BCUT2D eigenvalue weighted by atomic mass is 35.5. The van der Waals surface area contributed by atoms with Gasteiger partial charge in [0.1, 0.15) is 5.54 Å². The second kappa shape index (κ2) is 6.69. The molecule has 0 saturated carbocycles. The topological polar surface area (TPSA) is 78.5 Å². The molecular weight excluding hydrogens is 365 g/mol. The lowest BCUT2D eigenvalue weighted by atomic mass is 9.87. The maximum atomic E-state index is 12.7. The number of hydrogen-bond acceptors (Lipinski definition) is 3. The molecule has 0 atom stereocenters. The molecule has 6 nitrogen and oxygen atoms in total. The molecule has 2 fully saturated rings. The predicted octanol–water partition coefficient (Wildman–Crippen LogP) is 2.60. The number of nitrogens with one attached hydrogen (secondary N) is 2. The molecule has 132 valence electrons. The number of imide groups is 1. The lowest BCUT2D eigenvalue weighted by Gasteiger charge is -2.37. The first kappa shape index (κ1) is 17.8. The summed E-state index contributed by atoms with van der Waals surface area (Å²) in [6.45, 7) is 2.47. The first-order chi connectivity index (χ1) is 11.8. The number of carbonyl (C=O) groups is 3. The Bertz CT molecular complexity index is 763. The zero-order chi connectivity index (χ0) is 18.2. The Hall–Kier alpha value is -2.05. The van der Waals surface area contributed by atoms with Crippen molar-refractivity contribution in [3.05, 3.63) is 39.4 Å². The SMILES string of the molecule is CC(=Cc1c(Cl)cccc1Cl)C(=O)N1CCC2(CC1)NC(=O)NC2=O. The number of halogens is 2. The highest BCUT2D eigenvalue weighted by Gasteiger charge is 2.48. The van der Waals surface area contributed by atoms with E-state index in [0.717, 1.165) is 0 Å². The molecule has 2 aliphatic heterocycles. The summed E-state index contributed by atoms with van der Waals surface area (Å²) in [7, 11) is 0. The van der Waals surface area contributed by atoms with Gasteiger partial charge in [0.2, 0.25) is 5.91 Å². The summed E-state index contributed by atoms with van der Waals surface area (Å²) >= 11 is 12.3. The number of urea groups is 1. The second-order valence-electron chi connectivity index (χ2n) is 6.25. The van der Waals surface area contributed by atoms with Gasteiger partial charge in [0.05, 0.1) is 0 Å². The van der Waals surface area contributed by atoms with Crippen molar-refractivity contribution in [1.29, 1.82) is 0 Å². The van der Waals surface area contributed by atoms with Crippen molar-refractivity contribution in [2.24, 2.45) is 0 Å². The predicted molar refractivity (Wildman–Crippen MR) is 95.3 cm³/mol. The molecule has 0 bridgehead atoms. The fourth-order valence-electron chi connectivity index (χ4n) is 3.15. The van der Waals surface area contributed by atoms with E-state index in [-0.39, 0.29) is 11.8 Å². The van der Waals surface area contributed by atoms with Crippen LogP contribution in [0.25, 0.3) is 6.08 Å². The summed E-state index contributed by atoms with van der Waals surface area (Å²) in [6, 6.07) is 4.69. The Morgan fingerprint density at radius 2 is 1.80 bits per heavy atom. The molecule has 2 heterocycles. The van der Waals surface area contributed by atoms with Crippen molar-refractivity contribution in [1.82, 2.24) is 15.5 Å². The highest BCUT2D eigenvalue weighted by Crippen LogP contribution is 2.29. The second-order valence-corrected chi connectivity index (χ2v) is 7.06. The molecule has 2 saturated heterocycles. The van der Waals surface area contributed by atoms with Crippen LogP contribution in [0.15, 0.2) is 23.8 Å². The molecule has 8 heteroatoms. The number of rotatable bonds is 2. The molecular formula is C17H17Cl2N3O3. The molecule has 2 N–H and O–H groups in total. The van der Waals surface area contributed by atoms with Crippen LogP contribution >= 0.6 is 23.2 Å². The van der Waals surface area contributed by atoms with Gasteiger partial charge in [0, 0.05) is 34.3 Å². The van der Waals surface area contributed by atoms with Gasteiger partial charge in [-0.25, -0.2) is 4.79 Å². The minimum atomic E-state index is -0.891. The molecule has 1 aromatic rings. The van der Waals surface area contributed by atoms with Crippen molar-refractivity contribution in [3.8, 4) is 0 Å². The molecule has 0 unspecified atom stereocenters. The van der Waals surface area contributed by atoms with E-state index < -0.39 is 11.6 Å². The van der Waals surface area contributed by atoms with Gasteiger partial charge < -0.3 is 10.2 Å². The molecule has 0 aliphatic carbocycles. The third-order valence-electron chi connectivity index (χ3n) is 4.62. The van der Waals surface area contributed by atoms with Crippen LogP contribution in [0.5, 0.6) is 0 Å². The van der Waals surface area contributed by atoms with Gasteiger partial charge in [-0.05, 0) is 38.0 Å². The van der Waals surface area contributed by atoms with Crippen molar-refractivity contribution < 1.29 is 14.4 Å². The Kier molecular flexibility index (Phi) is 4.75. The van der Waals surface area contributed by atoms with Crippen molar-refractivity contribution in [2.75, 3.05) is 13.1 Å². The summed E-state index contributed by atoms with van der Waals surface area (Å²) in [6.07, 6.45) is 2.44. The Morgan fingerprint density at radius 3 is 2.32 bits per heavy atom. The fraction of sp³-hybridized carbons (Fsp3) is 0.353. The maximum absolute atomic E-state index is 12.7. The number of nitrogens with zero attached hydrogens (tertiary/aromatic N) is 1. The quantitative estimate of drug-likeness (QED) is 0.610. The third-order valence-corrected chi connectivity index (χ3v) is 5.28. The molecule has 2 aliphatic rings. The van der Waals surface area contributed by atoms with Gasteiger partial charge in [0.15, 0.2) is 0 Å².